The molecule has 1 aromatic rings. The first-order valence-electron chi connectivity index (χ1n) is 5.96. The Balaban J connectivity index is 1.87. The van der Waals surface area contributed by atoms with Gasteiger partial charge in [0.05, 0.1) is 13.2 Å². The fourth-order valence-electron chi connectivity index (χ4n) is 1.90. The predicted molar refractivity (Wildman–Crippen MR) is 67.6 cm³/mol. The third kappa shape index (κ3) is 3.13. The van der Waals surface area contributed by atoms with Gasteiger partial charge >= 0.3 is 0 Å². The summed E-state index contributed by atoms with van der Waals surface area (Å²) in [5.74, 6) is 1.03. The molecule has 0 unspecified atom stereocenters. The zero-order valence-corrected chi connectivity index (χ0v) is 10.2. The van der Waals surface area contributed by atoms with Crippen LogP contribution in [0.1, 0.15) is 24.8 Å². The van der Waals surface area contributed by atoms with Crippen LogP contribution >= 0.6 is 0 Å². The number of aliphatic hydroxyl groups is 1. The van der Waals surface area contributed by atoms with Crippen LogP contribution < -0.4 is 10.5 Å². The van der Waals surface area contributed by atoms with Crippen molar-refractivity contribution in [1.82, 2.24) is 0 Å². The van der Waals surface area contributed by atoms with E-state index in [2.05, 4.69) is 5.16 Å². The van der Waals surface area contributed by atoms with Crippen molar-refractivity contribution in [1.29, 1.82) is 0 Å². The number of amidine groups is 1. The van der Waals surface area contributed by atoms with Crippen LogP contribution in [-0.4, -0.2) is 22.8 Å². The van der Waals surface area contributed by atoms with Crippen molar-refractivity contribution in [2.45, 2.75) is 25.9 Å². The molecule has 0 atom stereocenters. The summed E-state index contributed by atoms with van der Waals surface area (Å²) in [6.07, 6.45) is 2.65. The molecule has 0 heterocycles. The van der Waals surface area contributed by atoms with E-state index >= 15 is 0 Å². The SMILES string of the molecule is NC(CC1(COc2ccc(CO)cc2)CC1)=NO. The summed E-state index contributed by atoms with van der Waals surface area (Å²) in [5.41, 5.74) is 6.42. The maximum atomic E-state index is 8.93. The minimum absolute atomic E-state index is 0.0337. The lowest BCUT2D eigenvalue weighted by atomic mass is 10.0. The van der Waals surface area contributed by atoms with Crippen LogP contribution in [0.4, 0.5) is 0 Å². The quantitative estimate of drug-likeness (QED) is 0.309. The Bertz CT molecular complexity index is 424. The van der Waals surface area contributed by atoms with Crippen molar-refractivity contribution in [2.24, 2.45) is 16.3 Å². The molecule has 0 bridgehead atoms. The molecule has 1 fully saturated rings. The fourth-order valence-corrected chi connectivity index (χ4v) is 1.90. The molecule has 1 aliphatic carbocycles. The fraction of sp³-hybridized carbons (Fsp3) is 0.462. The van der Waals surface area contributed by atoms with Crippen molar-refractivity contribution in [2.75, 3.05) is 6.61 Å². The number of hydrogen-bond donors (Lipinski definition) is 3. The Morgan fingerprint density at radius 3 is 2.50 bits per heavy atom. The molecule has 18 heavy (non-hydrogen) atoms. The number of nitrogens with zero attached hydrogens (tertiary/aromatic N) is 1. The number of benzene rings is 1. The second-order valence-corrected chi connectivity index (χ2v) is 4.86. The van der Waals surface area contributed by atoms with E-state index in [-0.39, 0.29) is 17.9 Å². The van der Waals surface area contributed by atoms with E-state index in [4.69, 9.17) is 20.8 Å². The first kappa shape index (κ1) is 12.7. The topological polar surface area (TPSA) is 88.1 Å². The zero-order valence-electron chi connectivity index (χ0n) is 10.2. The average molecular weight is 250 g/mol. The molecule has 0 spiro atoms. The van der Waals surface area contributed by atoms with Crippen molar-refractivity contribution in [3.63, 3.8) is 0 Å². The van der Waals surface area contributed by atoms with Crippen LogP contribution in [0.2, 0.25) is 0 Å². The number of nitrogens with two attached hydrogens (primary N) is 1. The number of ether oxygens (including phenoxy) is 1. The van der Waals surface area contributed by atoms with Gasteiger partial charge in [-0.15, -0.1) is 0 Å². The highest BCUT2D eigenvalue weighted by molar-refractivity contribution is 5.80. The van der Waals surface area contributed by atoms with Crippen LogP contribution in [0.5, 0.6) is 5.75 Å². The van der Waals surface area contributed by atoms with E-state index < -0.39 is 0 Å². The molecular weight excluding hydrogens is 232 g/mol. The van der Waals surface area contributed by atoms with Gasteiger partial charge in [-0.3, -0.25) is 0 Å². The van der Waals surface area contributed by atoms with Gasteiger partial charge in [0.2, 0.25) is 0 Å². The van der Waals surface area contributed by atoms with Crippen LogP contribution in [0.3, 0.4) is 0 Å². The Kier molecular flexibility index (Phi) is 3.72. The zero-order chi connectivity index (χ0) is 13.0. The monoisotopic (exact) mass is 250 g/mol. The predicted octanol–water partition coefficient (Wildman–Crippen LogP) is 1.47. The maximum Gasteiger partial charge on any atom is 0.139 e. The highest BCUT2D eigenvalue weighted by Gasteiger charge is 2.44. The number of oxime groups is 1. The van der Waals surface area contributed by atoms with E-state index in [0.29, 0.717) is 13.0 Å². The van der Waals surface area contributed by atoms with E-state index in [0.717, 1.165) is 24.2 Å². The molecule has 1 aromatic carbocycles. The first-order valence-corrected chi connectivity index (χ1v) is 5.96. The summed E-state index contributed by atoms with van der Waals surface area (Å²) in [5, 5.41) is 20.5. The van der Waals surface area contributed by atoms with Gasteiger partial charge in [-0.25, -0.2) is 0 Å². The lowest BCUT2D eigenvalue weighted by molar-refractivity contribution is 0.236. The van der Waals surface area contributed by atoms with Crippen molar-refractivity contribution in [3.8, 4) is 5.75 Å². The molecule has 5 nitrogen and oxygen atoms in total. The van der Waals surface area contributed by atoms with Gasteiger partial charge in [-0.05, 0) is 30.5 Å². The molecule has 1 saturated carbocycles. The van der Waals surface area contributed by atoms with Crippen molar-refractivity contribution >= 4 is 5.84 Å². The molecule has 0 aromatic heterocycles. The van der Waals surface area contributed by atoms with Crippen molar-refractivity contribution in [3.05, 3.63) is 29.8 Å². The van der Waals surface area contributed by atoms with E-state index in [1.807, 2.05) is 24.3 Å². The second kappa shape index (κ2) is 5.27. The minimum Gasteiger partial charge on any atom is -0.493 e. The molecule has 0 aliphatic heterocycles. The highest BCUT2D eigenvalue weighted by Crippen LogP contribution is 2.48. The smallest absolute Gasteiger partial charge is 0.139 e. The molecule has 0 radical (unpaired) electrons. The summed E-state index contributed by atoms with van der Waals surface area (Å²) >= 11 is 0. The van der Waals surface area contributed by atoms with Crippen LogP contribution in [0, 0.1) is 5.41 Å². The number of hydrogen-bond acceptors (Lipinski definition) is 4. The van der Waals surface area contributed by atoms with Crippen LogP contribution in [-0.2, 0) is 6.61 Å². The molecule has 0 saturated heterocycles. The highest BCUT2D eigenvalue weighted by atomic mass is 16.5. The van der Waals surface area contributed by atoms with Gasteiger partial charge in [0.1, 0.15) is 11.6 Å². The first-order chi connectivity index (χ1) is 8.67. The molecule has 98 valence electrons. The average Bonchev–Trinajstić information content (AvgIpc) is 3.17. The van der Waals surface area contributed by atoms with Crippen LogP contribution in [0.15, 0.2) is 29.4 Å². The lowest BCUT2D eigenvalue weighted by Gasteiger charge is -2.15. The van der Waals surface area contributed by atoms with Gasteiger partial charge in [0.25, 0.3) is 0 Å². The summed E-state index contributed by atoms with van der Waals surface area (Å²) in [7, 11) is 0. The normalized spacial score (nSPS) is 17.5. The van der Waals surface area contributed by atoms with Gasteiger partial charge in [0.15, 0.2) is 0 Å². The van der Waals surface area contributed by atoms with E-state index in [9.17, 15) is 0 Å². The van der Waals surface area contributed by atoms with Gasteiger partial charge in [0, 0.05) is 11.8 Å². The summed E-state index contributed by atoms with van der Waals surface area (Å²) < 4.78 is 5.70. The largest absolute Gasteiger partial charge is 0.493 e. The maximum absolute atomic E-state index is 8.93. The Morgan fingerprint density at radius 2 is 2.00 bits per heavy atom. The van der Waals surface area contributed by atoms with Gasteiger partial charge < -0.3 is 20.8 Å². The lowest BCUT2D eigenvalue weighted by Crippen LogP contribution is -2.22. The Labute approximate surface area is 106 Å². The van der Waals surface area contributed by atoms with E-state index in [1.165, 1.54) is 0 Å². The molecule has 0 amide bonds. The van der Waals surface area contributed by atoms with Gasteiger partial charge in [-0.2, -0.15) is 0 Å². The van der Waals surface area contributed by atoms with Gasteiger partial charge in [-0.1, -0.05) is 17.3 Å². The second-order valence-electron chi connectivity index (χ2n) is 4.86. The number of rotatable bonds is 6. The molecule has 4 N–H and O–H groups in total. The van der Waals surface area contributed by atoms with Crippen LogP contribution in [0.25, 0.3) is 0 Å². The standard InChI is InChI=1S/C13H18N2O3/c14-12(15-17)7-13(5-6-13)9-18-11-3-1-10(8-16)2-4-11/h1-4,16-17H,5-9H2,(H2,14,15). The third-order valence-corrected chi connectivity index (χ3v) is 3.29. The molecular formula is C13H18N2O3. The molecule has 1 aliphatic rings. The molecule has 5 heteroatoms. The Morgan fingerprint density at radius 1 is 1.33 bits per heavy atom. The Hall–Kier alpha value is -1.75. The summed E-state index contributed by atoms with van der Waals surface area (Å²) in [6.45, 7) is 0.607. The summed E-state index contributed by atoms with van der Waals surface area (Å²) in [4.78, 5) is 0. The minimum atomic E-state index is 0.0337. The number of aliphatic hydroxyl groups excluding tert-OH is 1. The van der Waals surface area contributed by atoms with E-state index in [1.54, 1.807) is 0 Å². The third-order valence-electron chi connectivity index (χ3n) is 3.29. The summed E-state index contributed by atoms with van der Waals surface area (Å²) in [6, 6.07) is 7.34. The molecule has 2 rings (SSSR count). The van der Waals surface area contributed by atoms with Crippen molar-refractivity contribution < 1.29 is 15.1 Å².